The van der Waals surface area contributed by atoms with Crippen LogP contribution in [0.15, 0.2) is 24.9 Å². The van der Waals surface area contributed by atoms with E-state index in [-0.39, 0.29) is 0 Å². The second kappa shape index (κ2) is 7.27. The molecule has 0 unspecified atom stereocenters. The van der Waals surface area contributed by atoms with Gasteiger partial charge in [-0.2, -0.15) is 0 Å². The SMILES string of the molecule is C=CCNN/C=C\CN(C)[O-]. The van der Waals surface area contributed by atoms with Crippen LogP contribution in [0.3, 0.4) is 0 Å². The molecule has 64 valence electrons. The van der Waals surface area contributed by atoms with Gasteiger partial charge in [0.2, 0.25) is 0 Å². The van der Waals surface area contributed by atoms with Crippen molar-refractivity contribution >= 4 is 0 Å². The molecule has 0 aromatic heterocycles. The van der Waals surface area contributed by atoms with Crippen molar-refractivity contribution in [2.75, 3.05) is 20.1 Å². The summed E-state index contributed by atoms with van der Waals surface area (Å²) in [7, 11) is 1.47. The van der Waals surface area contributed by atoms with E-state index in [0.717, 1.165) is 5.06 Å². The second-order valence-corrected chi connectivity index (χ2v) is 2.03. The van der Waals surface area contributed by atoms with Crippen molar-refractivity contribution in [2.45, 2.75) is 0 Å². The van der Waals surface area contributed by atoms with Gasteiger partial charge in [0, 0.05) is 19.3 Å². The van der Waals surface area contributed by atoms with Crippen molar-refractivity contribution < 1.29 is 0 Å². The van der Waals surface area contributed by atoms with Gasteiger partial charge in [-0.25, -0.2) is 5.43 Å². The molecule has 0 aliphatic carbocycles. The van der Waals surface area contributed by atoms with E-state index in [2.05, 4.69) is 17.4 Å². The number of hydroxylamine groups is 2. The molecule has 0 amide bonds. The summed E-state index contributed by atoms with van der Waals surface area (Å²) in [5.41, 5.74) is 5.61. The second-order valence-electron chi connectivity index (χ2n) is 2.03. The maximum atomic E-state index is 10.3. The standard InChI is InChI=1S/C7H14N3O/c1-3-5-8-9-6-4-7-10(2)11/h3-4,6,8-9H,1,5,7H2,2H3/q-1/b6-4-. The molecule has 2 N–H and O–H groups in total. The van der Waals surface area contributed by atoms with E-state index < -0.39 is 0 Å². The Morgan fingerprint density at radius 1 is 1.64 bits per heavy atom. The van der Waals surface area contributed by atoms with Crippen LogP contribution < -0.4 is 10.9 Å². The molecule has 0 spiro atoms. The molecule has 0 bridgehead atoms. The Bertz CT molecular complexity index is 123. The minimum atomic E-state index is 0.392. The van der Waals surface area contributed by atoms with Crippen molar-refractivity contribution in [3.8, 4) is 0 Å². The number of hydrogen-bond acceptors (Lipinski definition) is 4. The number of likely N-dealkylation sites (N-methyl/N-ethyl adjacent to an activating group) is 1. The molecular weight excluding hydrogens is 142 g/mol. The molecule has 0 saturated heterocycles. The Morgan fingerprint density at radius 2 is 2.36 bits per heavy atom. The quantitative estimate of drug-likeness (QED) is 0.328. The summed E-state index contributed by atoms with van der Waals surface area (Å²) >= 11 is 0. The van der Waals surface area contributed by atoms with Crippen LogP contribution in [0.25, 0.3) is 0 Å². The van der Waals surface area contributed by atoms with E-state index in [0.29, 0.717) is 13.1 Å². The lowest BCUT2D eigenvalue weighted by Gasteiger charge is -2.18. The van der Waals surface area contributed by atoms with Crippen LogP contribution in [0.4, 0.5) is 0 Å². The highest BCUT2D eigenvalue weighted by molar-refractivity contribution is 4.81. The Kier molecular flexibility index (Phi) is 6.71. The van der Waals surface area contributed by atoms with Crippen molar-refractivity contribution in [1.29, 1.82) is 0 Å². The highest BCUT2D eigenvalue weighted by atomic mass is 16.5. The number of hydrazine groups is 1. The summed E-state index contributed by atoms with van der Waals surface area (Å²) in [6, 6.07) is 0. The fourth-order valence-corrected chi connectivity index (χ4v) is 0.450. The molecule has 0 radical (unpaired) electrons. The predicted molar refractivity (Wildman–Crippen MR) is 46.5 cm³/mol. The number of rotatable bonds is 6. The Morgan fingerprint density at radius 3 is 2.91 bits per heavy atom. The van der Waals surface area contributed by atoms with Crippen LogP contribution in [0.1, 0.15) is 0 Å². The van der Waals surface area contributed by atoms with Gasteiger partial charge in [0.25, 0.3) is 0 Å². The summed E-state index contributed by atoms with van der Waals surface area (Å²) in [5, 5.41) is 11.2. The molecule has 0 atom stereocenters. The third kappa shape index (κ3) is 9.16. The summed E-state index contributed by atoms with van der Waals surface area (Å²) in [4.78, 5) is 0. The zero-order valence-electron chi connectivity index (χ0n) is 6.71. The first-order valence-electron chi connectivity index (χ1n) is 3.40. The minimum absolute atomic E-state index is 0.392. The zero-order valence-corrected chi connectivity index (χ0v) is 6.71. The van der Waals surface area contributed by atoms with Crippen LogP contribution in [0.2, 0.25) is 0 Å². The first-order valence-corrected chi connectivity index (χ1v) is 3.40. The molecule has 0 aromatic rings. The Balaban J connectivity index is 3.09. The molecular formula is C7H14N3O-. The van der Waals surface area contributed by atoms with Gasteiger partial charge in [-0.15, -0.1) is 6.58 Å². The van der Waals surface area contributed by atoms with E-state index in [1.807, 2.05) is 0 Å². The van der Waals surface area contributed by atoms with Crippen LogP contribution in [0, 0.1) is 5.21 Å². The fourth-order valence-electron chi connectivity index (χ4n) is 0.450. The highest BCUT2D eigenvalue weighted by Gasteiger charge is 1.74. The van der Waals surface area contributed by atoms with Crippen LogP contribution in [-0.4, -0.2) is 25.2 Å². The lowest BCUT2D eigenvalue weighted by molar-refractivity contribution is 0.511. The highest BCUT2D eigenvalue weighted by Crippen LogP contribution is 1.75. The number of nitrogens with one attached hydrogen (secondary N) is 2. The largest absolute Gasteiger partial charge is 0.785 e. The Hall–Kier alpha value is -0.840. The lowest BCUT2D eigenvalue weighted by atomic mass is 10.6. The summed E-state index contributed by atoms with van der Waals surface area (Å²) in [5.74, 6) is 0. The van der Waals surface area contributed by atoms with E-state index in [1.165, 1.54) is 7.05 Å². The average molecular weight is 156 g/mol. The first-order chi connectivity index (χ1) is 5.27. The van der Waals surface area contributed by atoms with Gasteiger partial charge in [-0.3, -0.25) is 0 Å². The molecule has 4 nitrogen and oxygen atoms in total. The lowest BCUT2D eigenvalue weighted by Crippen LogP contribution is -2.26. The molecule has 0 aliphatic heterocycles. The summed E-state index contributed by atoms with van der Waals surface area (Å²) in [6.07, 6.45) is 5.14. The average Bonchev–Trinajstić information content (AvgIpc) is 1.96. The van der Waals surface area contributed by atoms with Crippen molar-refractivity contribution in [3.63, 3.8) is 0 Å². The molecule has 0 aromatic carbocycles. The van der Waals surface area contributed by atoms with Crippen molar-refractivity contribution in [2.24, 2.45) is 0 Å². The Labute approximate surface area is 67.1 Å². The van der Waals surface area contributed by atoms with E-state index in [4.69, 9.17) is 0 Å². The molecule has 0 rings (SSSR count). The molecule has 0 saturated carbocycles. The van der Waals surface area contributed by atoms with Gasteiger partial charge in [-0.1, -0.05) is 12.2 Å². The van der Waals surface area contributed by atoms with Gasteiger partial charge in [-0.05, 0) is 7.05 Å². The van der Waals surface area contributed by atoms with Crippen molar-refractivity contribution in [1.82, 2.24) is 15.9 Å². The summed E-state index contributed by atoms with van der Waals surface area (Å²) < 4.78 is 0. The third-order valence-electron chi connectivity index (χ3n) is 0.912. The first kappa shape index (κ1) is 10.2. The normalized spacial score (nSPS) is 10.8. The summed E-state index contributed by atoms with van der Waals surface area (Å²) in [6.45, 7) is 4.61. The van der Waals surface area contributed by atoms with Crippen molar-refractivity contribution in [3.05, 3.63) is 30.1 Å². The van der Waals surface area contributed by atoms with Gasteiger partial charge < -0.3 is 15.7 Å². The smallest absolute Gasteiger partial charge is 0.0326 e. The van der Waals surface area contributed by atoms with Gasteiger partial charge in [0.05, 0.1) is 0 Å². The number of hydrogen-bond donors (Lipinski definition) is 2. The van der Waals surface area contributed by atoms with Crippen LogP contribution in [0.5, 0.6) is 0 Å². The topological polar surface area (TPSA) is 50.4 Å². The number of nitrogens with zero attached hydrogens (tertiary/aromatic N) is 1. The molecule has 0 fully saturated rings. The van der Waals surface area contributed by atoms with Gasteiger partial charge in [0.15, 0.2) is 0 Å². The molecule has 4 heteroatoms. The maximum Gasteiger partial charge on any atom is 0.0326 e. The molecule has 11 heavy (non-hydrogen) atoms. The third-order valence-corrected chi connectivity index (χ3v) is 0.912. The molecule has 0 aliphatic rings. The van der Waals surface area contributed by atoms with E-state index in [9.17, 15) is 5.21 Å². The van der Waals surface area contributed by atoms with Gasteiger partial charge >= 0.3 is 0 Å². The zero-order chi connectivity index (χ0) is 8.53. The monoisotopic (exact) mass is 156 g/mol. The maximum absolute atomic E-state index is 10.3. The van der Waals surface area contributed by atoms with Crippen LogP contribution in [-0.2, 0) is 0 Å². The molecule has 0 heterocycles. The predicted octanol–water partition coefficient (Wildman–Crippen LogP) is 0.210. The van der Waals surface area contributed by atoms with Gasteiger partial charge in [0.1, 0.15) is 0 Å². The van der Waals surface area contributed by atoms with E-state index in [1.54, 1.807) is 18.4 Å². The fraction of sp³-hybridized carbons (Fsp3) is 0.429. The minimum Gasteiger partial charge on any atom is -0.785 e. The van der Waals surface area contributed by atoms with E-state index >= 15 is 0 Å². The van der Waals surface area contributed by atoms with Crippen LogP contribution >= 0.6 is 0 Å².